The van der Waals surface area contributed by atoms with E-state index in [9.17, 15) is 9.90 Å². The van der Waals surface area contributed by atoms with Gasteiger partial charge in [-0.3, -0.25) is 4.79 Å². The topological polar surface area (TPSA) is 65.0 Å². The van der Waals surface area contributed by atoms with Crippen molar-refractivity contribution in [2.24, 2.45) is 0 Å². The van der Waals surface area contributed by atoms with Crippen molar-refractivity contribution in [2.75, 3.05) is 13.9 Å². The van der Waals surface area contributed by atoms with Crippen molar-refractivity contribution in [3.8, 4) is 17.2 Å². The van der Waals surface area contributed by atoms with Crippen molar-refractivity contribution >= 4 is 27.8 Å². The molecule has 1 aliphatic rings. The minimum Gasteiger partial charge on any atom is -0.507 e. The summed E-state index contributed by atoms with van der Waals surface area (Å²) in [5.41, 5.74) is 1.85. The normalized spacial score (nSPS) is 13.4. The predicted octanol–water partition coefficient (Wildman–Crippen LogP) is 3.93. The Balaban J connectivity index is 1.91. The van der Waals surface area contributed by atoms with Crippen molar-refractivity contribution < 1.29 is 24.1 Å². The highest BCUT2D eigenvalue weighted by Gasteiger charge is 2.16. The Hall–Kier alpha value is -2.31. The summed E-state index contributed by atoms with van der Waals surface area (Å²) in [4.78, 5) is 12.4. The van der Waals surface area contributed by atoms with E-state index in [0.29, 0.717) is 18.1 Å². The van der Waals surface area contributed by atoms with Gasteiger partial charge in [0.15, 0.2) is 12.6 Å². The molecule has 124 valence electrons. The number of fused-ring (bicyclic) bond motifs is 1. The molecule has 1 heterocycles. The number of ether oxygens (including phenoxy) is 3. The Bertz CT molecular complexity index is 813. The van der Waals surface area contributed by atoms with Gasteiger partial charge in [0, 0.05) is 15.6 Å². The number of benzene rings is 2. The molecule has 1 aliphatic heterocycles. The van der Waals surface area contributed by atoms with Gasteiger partial charge in [0.1, 0.15) is 17.2 Å². The number of halogens is 1. The van der Waals surface area contributed by atoms with E-state index < -0.39 is 0 Å². The molecule has 2 aromatic rings. The number of hydrogen-bond acceptors (Lipinski definition) is 5. The molecule has 24 heavy (non-hydrogen) atoms. The van der Waals surface area contributed by atoms with Gasteiger partial charge in [-0.05, 0) is 42.5 Å². The van der Waals surface area contributed by atoms with Crippen LogP contribution in [0.5, 0.6) is 17.2 Å². The number of carbonyl (C=O) groups is 1. The molecule has 0 fully saturated rings. The maximum atomic E-state index is 12.4. The van der Waals surface area contributed by atoms with E-state index in [1.165, 1.54) is 25.3 Å². The molecule has 0 amide bonds. The molecule has 0 aromatic heterocycles. The third-order valence-electron chi connectivity index (χ3n) is 3.59. The fourth-order valence-electron chi connectivity index (χ4n) is 2.43. The van der Waals surface area contributed by atoms with E-state index in [1.807, 2.05) is 12.1 Å². The zero-order valence-corrected chi connectivity index (χ0v) is 14.5. The lowest BCUT2D eigenvalue weighted by molar-refractivity contribution is -0.0165. The Labute approximate surface area is 147 Å². The van der Waals surface area contributed by atoms with Crippen LogP contribution in [-0.4, -0.2) is 24.8 Å². The maximum Gasteiger partial charge on any atom is 0.189 e. The number of hydrogen-bond donors (Lipinski definition) is 1. The maximum absolute atomic E-state index is 12.4. The average molecular weight is 391 g/mol. The van der Waals surface area contributed by atoms with E-state index in [2.05, 4.69) is 15.9 Å². The van der Waals surface area contributed by atoms with Gasteiger partial charge in [0.05, 0.1) is 19.3 Å². The summed E-state index contributed by atoms with van der Waals surface area (Å²) in [6.45, 7) is 0.639. The molecule has 0 bridgehead atoms. The summed E-state index contributed by atoms with van der Waals surface area (Å²) in [6, 6.07) is 8.30. The molecular formula is C18H15BrO5. The zero-order chi connectivity index (χ0) is 17.1. The molecule has 3 rings (SSSR count). The fourth-order valence-corrected chi connectivity index (χ4v) is 2.95. The van der Waals surface area contributed by atoms with Crippen LogP contribution < -0.4 is 9.47 Å². The lowest BCUT2D eigenvalue weighted by Gasteiger charge is -2.20. The van der Waals surface area contributed by atoms with Gasteiger partial charge in [0.2, 0.25) is 0 Å². The molecule has 0 saturated carbocycles. The molecule has 5 nitrogen and oxygen atoms in total. The van der Waals surface area contributed by atoms with Crippen molar-refractivity contribution in [3.63, 3.8) is 0 Å². The number of allylic oxidation sites excluding steroid dienone is 1. The van der Waals surface area contributed by atoms with Crippen LogP contribution in [0.25, 0.3) is 6.08 Å². The second-order valence-electron chi connectivity index (χ2n) is 5.17. The fraction of sp³-hybridized carbons (Fsp3) is 0.167. The number of phenols is 1. The first-order chi connectivity index (χ1) is 11.6. The van der Waals surface area contributed by atoms with Crippen LogP contribution in [0.1, 0.15) is 21.5 Å². The Morgan fingerprint density at radius 3 is 2.96 bits per heavy atom. The summed E-state index contributed by atoms with van der Waals surface area (Å²) in [5.74, 6) is 0.784. The third-order valence-corrected chi connectivity index (χ3v) is 4.04. The molecular weight excluding hydrogens is 376 g/mol. The quantitative estimate of drug-likeness (QED) is 0.632. The van der Waals surface area contributed by atoms with Crippen LogP contribution in [0.4, 0.5) is 0 Å². The van der Waals surface area contributed by atoms with E-state index in [-0.39, 0.29) is 23.9 Å². The van der Waals surface area contributed by atoms with Gasteiger partial charge >= 0.3 is 0 Å². The van der Waals surface area contributed by atoms with Gasteiger partial charge < -0.3 is 19.3 Å². The summed E-state index contributed by atoms with van der Waals surface area (Å²) >= 11 is 3.44. The molecule has 0 radical (unpaired) electrons. The molecule has 0 saturated heterocycles. The first-order valence-corrected chi connectivity index (χ1v) is 8.00. The van der Waals surface area contributed by atoms with Crippen molar-refractivity contribution in [3.05, 3.63) is 57.6 Å². The average Bonchev–Trinajstić information content (AvgIpc) is 2.59. The Morgan fingerprint density at radius 2 is 2.17 bits per heavy atom. The van der Waals surface area contributed by atoms with Crippen LogP contribution in [0.2, 0.25) is 0 Å². The number of aromatic hydroxyl groups is 1. The molecule has 0 aliphatic carbocycles. The highest BCUT2D eigenvalue weighted by atomic mass is 79.9. The largest absolute Gasteiger partial charge is 0.507 e. The zero-order valence-electron chi connectivity index (χ0n) is 12.9. The standard InChI is InChI=1S/C18H15BrO5/c1-22-14-3-5-17(21)15(8-14)16(20)4-2-11-6-13(19)7-12-9-23-10-24-18(11)12/h2-8,21H,9-10H2,1H3/b4-2+. The summed E-state index contributed by atoms with van der Waals surface area (Å²) < 4.78 is 16.7. The number of carbonyl (C=O) groups excluding carboxylic acids is 1. The molecule has 0 unspecified atom stereocenters. The highest BCUT2D eigenvalue weighted by Crippen LogP contribution is 2.33. The van der Waals surface area contributed by atoms with Gasteiger partial charge in [0.25, 0.3) is 0 Å². The second-order valence-corrected chi connectivity index (χ2v) is 6.09. The number of rotatable bonds is 4. The van der Waals surface area contributed by atoms with Crippen LogP contribution in [0.15, 0.2) is 40.9 Å². The van der Waals surface area contributed by atoms with Crippen LogP contribution in [-0.2, 0) is 11.3 Å². The minimum atomic E-state index is -0.327. The molecule has 2 aromatic carbocycles. The third kappa shape index (κ3) is 3.44. The van der Waals surface area contributed by atoms with E-state index in [0.717, 1.165) is 15.6 Å². The molecule has 6 heteroatoms. The molecule has 1 N–H and O–H groups in total. The van der Waals surface area contributed by atoms with E-state index in [4.69, 9.17) is 14.2 Å². The van der Waals surface area contributed by atoms with Crippen LogP contribution >= 0.6 is 15.9 Å². The van der Waals surface area contributed by atoms with Crippen LogP contribution in [0.3, 0.4) is 0 Å². The van der Waals surface area contributed by atoms with Crippen LogP contribution in [0, 0.1) is 0 Å². The van der Waals surface area contributed by atoms with Gasteiger partial charge in [-0.2, -0.15) is 0 Å². The smallest absolute Gasteiger partial charge is 0.189 e. The van der Waals surface area contributed by atoms with Crippen molar-refractivity contribution in [2.45, 2.75) is 6.61 Å². The number of ketones is 1. The van der Waals surface area contributed by atoms with Gasteiger partial charge in [-0.25, -0.2) is 0 Å². The number of phenolic OH excluding ortho intramolecular Hbond substituents is 1. The summed E-state index contributed by atoms with van der Waals surface area (Å²) in [5, 5.41) is 9.88. The lowest BCUT2D eigenvalue weighted by Crippen LogP contribution is -2.12. The van der Waals surface area contributed by atoms with Crippen molar-refractivity contribution in [1.82, 2.24) is 0 Å². The SMILES string of the molecule is COc1ccc(O)c(C(=O)/C=C/c2cc(Br)cc3c2OCOC3)c1. The minimum absolute atomic E-state index is 0.0913. The highest BCUT2D eigenvalue weighted by molar-refractivity contribution is 9.10. The second kappa shape index (κ2) is 7.07. The summed E-state index contributed by atoms with van der Waals surface area (Å²) in [7, 11) is 1.50. The first-order valence-electron chi connectivity index (χ1n) is 7.21. The molecule has 0 spiro atoms. The first kappa shape index (κ1) is 16.5. The van der Waals surface area contributed by atoms with Gasteiger partial charge in [-0.1, -0.05) is 15.9 Å². The summed E-state index contributed by atoms with van der Waals surface area (Å²) in [6.07, 6.45) is 3.06. The van der Waals surface area contributed by atoms with Gasteiger partial charge in [-0.15, -0.1) is 0 Å². The predicted molar refractivity (Wildman–Crippen MR) is 92.4 cm³/mol. The monoisotopic (exact) mass is 390 g/mol. The number of methoxy groups -OCH3 is 1. The lowest BCUT2D eigenvalue weighted by atomic mass is 10.1. The van der Waals surface area contributed by atoms with E-state index >= 15 is 0 Å². The Morgan fingerprint density at radius 1 is 1.33 bits per heavy atom. The van der Waals surface area contributed by atoms with Crippen molar-refractivity contribution in [1.29, 1.82) is 0 Å². The molecule has 0 atom stereocenters. The Kier molecular flexibility index (Phi) is 4.87. The van der Waals surface area contributed by atoms with E-state index in [1.54, 1.807) is 12.1 Å².